The lowest BCUT2D eigenvalue weighted by Gasteiger charge is -2.39. The molecule has 6 nitrogen and oxygen atoms in total. The van der Waals surface area contributed by atoms with Gasteiger partial charge in [-0.3, -0.25) is 9.59 Å². The van der Waals surface area contributed by atoms with Crippen molar-refractivity contribution in [3.63, 3.8) is 0 Å². The number of aromatic nitrogens is 1. The number of hydrogen-bond donors (Lipinski definition) is 0. The van der Waals surface area contributed by atoms with Gasteiger partial charge in [-0.1, -0.05) is 0 Å². The molecule has 2 unspecified atom stereocenters. The average Bonchev–Trinajstić information content (AvgIpc) is 3.33. The molecule has 2 aliphatic heterocycles. The fraction of sp³-hybridized carbons (Fsp3) is 0.474. The minimum atomic E-state index is -0.117. The Morgan fingerprint density at radius 2 is 2.08 bits per heavy atom. The maximum Gasteiger partial charge on any atom is 0.257 e. The molecule has 1 saturated heterocycles. The molecule has 1 fully saturated rings. The third-order valence-electron chi connectivity index (χ3n) is 5.45. The Hall–Kier alpha value is -2.50. The van der Waals surface area contributed by atoms with E-state index < -0.39 is 0 Å². The number of furan rings is 1. The lowest BCUT2D eigenvalue weighted by atomic mass is 9.94. The summed E-state index contributed by atoms with van der Waals surface area (Å²) in [4.78, 5) is 29.4. The number of hydrogen-bond acceptors (Lipinski definition) is 3. The van der Waals surface area contributed by atoms with Crippen LogP contribution in [0.25, 0.3) is 0 Å². The quantitative estimate of drug-likeness (QED) is 0.843. The lowest BCUT2D eigenvalue weighted by molar-refractivity contribution is -0.140. The Labute approximate surface area is 147 Å². The monoisotopic (exact) mass is 341 g/mol. The highest BCUT2D eigenvalue weighted by atomic mass is 16.3. The summed E-state index contributed by atoms with van der Waals surface area (Å²) >= 11 is 0. The summed E-state index contributed by atoms with van der Waals surface area (Å²) in [6.45, 7) is 4.84. The first-order chi connectivity index (χ1) is 12.1. The second-order valence-electron chi connectivity index (χ2n) is 6.94. The van der Waals surface area contributed by atoms with Crippen molar-refractivity contribution in [1.82, 2.24) is 14.4 Å². The van der Waals surface area contributed by atoms with Crippen LogP contribution in [0.3, 0.4) is 0 Å². The summed E-state index contributed by atoms with van der Waals surface area (Å²) in [5, 5.41) is 0. The third kappa shape index (κ3) is 2.86. The highest BCUT2D eigenvalue weighted by molar-refractivity contribution is 5.94. The van der Waals surface area contributed by atoms with Crippen LogP contribution < -0.4 is 0 Å². The Morgan fingerprint density at radius 3 is 2.88 bits per heavy atom. The van der Waals surface area contributed by atoms with Crippen LogP contribution in [0.2, 0.25) is 0 Å². The smallest absolute Gasteiger partial charge is 0.257 e. The molecule has 0 radical (unpaired) electrons. The maximum atomic E-state index is 13.1. The molecule has 2 atom stereocenters. The van der Waals surface area contributed by atoms with E-state index in [0.717, 1.165) is 25.9 Å². The first-order valence-corrected chi connectivity index (χ1v) is 8.92. The minimum Gasteiger partial charge on any atom is -0.472 e. The van der Waals surface area contributed by atoms with Crippen LogP contribution >= 0.6 is 0 Å². The van der Waals surface area contributed by atoms with E-state index in [4.69, 9.17) is 4.42 Å². The fourth-order valence-electron chi connectivity index (χ4n) is 4.05. The maximum absolute atomic E-state index is 13.1. The van der Waals surface area contributed by atoms with Crippen LogP contribution in [0.15, 0.2) is 41.3 Å². The Morgan fingerprint density at radius 1 is 1.20 bits per heavy atom. The summed E-state index contributed by atoms with van der Waals surface area (Å²) in [7, 11) is 0. The predicted molar refractivity (Wildman–Crippen MR) is 91.9 cm³/mol. The van der Waals surface area contributed by atoms with Gasteiger partial charge in [-0.25, -0.2) is 0 Å². The fourth-order valence-corrected chi connectivity index (χ4v) is 4.05. The zero-order valence-corrected chi connectivity index (χ0v) is 14.4. The zero-order valence-electron chi connectivity index (χ0n) is 14.4. The Kier molecular flexibility index (Phi) is 4.11. The number of piperidine rings is 1. The molecule has 2 aromatic heterocycles. The van der Waals surface area contributed by atoms with E-state index in [2.05, 4.69) is 23.8 Å². The number of fused-ring (bicyclic) bond motifs is 1. The zero-order chi connectivity index (χ0) is 17.4. The first kappa shape index (κ1) is 16.0. The second kappa shape index (κ2) is 6.43. The second-order valence-corrected chi connectivity index (χ2v) is 6.94. The molecule has 6 heteroatoms. The highest BCUT2D eigenvalue weighted by Crippen LogP contribution is 2.29. The number of rotatable bonds is 2. The molecule has 2 aromatic rings. The SMILES string of the molecule is CC1c2cccn2CCN1C(=O)C1CCCN(C(=O)c2ccoc2)C1. The van der Waals surface area contributed by atoms with Gasteiger partial charge < -0.3 is 18.8 Å². The molecule has 4 rings (SSSR count). The van der Waals surface area contributed by atoms with E-state index in [1.54, 1.807) is 11.0 Å². The molecule has 132 valence electrons. The van der Waals surface area contributed by atoms with Crippen LogP contribution in [0, 0.1) is 5.92 Å². The normalized spacial score (nSPS) is 23.4. The van der Waals surface area contributed by atoms with Gasteiger partial charge in [-0.15, -0.1) is 0 Å². The molecule has 4 heterocycles. The first-order valence-electron chi connectivity index (χ1n) is 8.92. The molecule has 25 heavy (non-hydrogen) atoms. The van der Waals surface area contributed by atoms with Gasteiger partial charge in [0, 0.05) is 38.1 Å². The van der Waals surface area contributed by atoms with Crippen LogP contribution in [0.5, 0.6) is 0 Å². The van der Waals surface area contributed by atoms with Crippen LogP contribution in [-0.4, -0.2) is 45.8 Å². The van der Waals surface area contributed by atoms with Crippen molar-refractivity contribution in [2.75, 3.05) is 19.6 Å². The van der Waals surface area contributed by atoms with Crippen molar-refractivity contribution in [3.8, 4) is 0 Å². The summed E-state index contributed by atoms with van der Waals surface area (Å²) in [5.41, 5.74) is 1.74. The van der Waals surface area contributed by atoms with Crippen molar-refractivity contribution in [1.29, 1.82) is 0 Å². The van der Waals surface area contributed by atoms with Gasteiger partial charge in [0.1, 0.15) is 6.26 Å². The molecule has 2 amide bonds. The topological polar surface area (TPSA) is 58.7 Å². The summed E-state index contributed by atoms with van der Waals surface area (Å²) in [5.74, 6) is 0.00465. The van der Waals surface area contributed by atoms with E-state index in [1.807, 2.05) is 11.0 Å². The van der Waals surface area contributed by atoms with Crippen LogP contribution in [0.4, 0.5) is 0 Å². The van der Waals surface area contributed by atoms with Gasteiger partial charge in [0.2, 0.25) is 5.91 Å². The molecule has 0 aliphatic carbocycles. The van der Waals surface area contributed by atoms with Gasteiger partial charge in [0.15, 0.2) is 0 Å². The number of amides is 2. The van der Waals surface area contributed by atoms with E-state index in [0.29, 0.717) is 18.7 Å². The Bertz CT molecular complexity index is 765. The van der Waals surface area contributed by atoms with Gasteiger partial charge in [0.25, 0.3) is 5.91 Å². The summed E-state index contributed by atoms with van der Waals surface area (Å²) < 4.78 is 7.22. The van der Waals surface area contributed by atoms with Gasteiger partial charge in [-0.05, 0) is 38.0 Å². The third-order valence-corrected chi connectivity index (χ3v) is 5.45. The number of carbonyl (C=O) groups excluding carboxylic acids is 2. The van der Waals surface area contributed by atoms with Gasteiger partial charge in [0.05, 0.1) is 23.8 Å². The molecular formula is C19H23N3O3. The number of carbonyl (C=O) groups is 2. The van der Waals surface area contributed by atoms with Crippen molar-refractivity contribution >= 4 is 11.8 Å². The van der Waals surface area contributed by atoms with E-state index >= 15 is 0 Å². The van der Waals surface area contributed by atoms with Crippen molar-refractivity contribution in [2.45, 2.75) is 32.4 Å². The molecule has 0 N–H and O–H groups in total. The molecule has 0 saturated carbocycles. The van der Waals surface area contributed by atoms with Crippen molar-refractivity contribution < 1.29 is 14.0 Å². The highest BCUT2D eigenvalue weighted by Gasteiger charge is 2.35. The summed E-state index contributed by atoms with van der Waals surface area (Å²) in [6.07, 6.45) is 6.75. The molecule has 0 spiro atoms. The van der Waals surface area contributed by atoms with E-state index in [-0.39, 0.29) is 23.8 Å². The van der Waals surface area contributed by atoms with E-state index in [1.165, 1.54) is 18.2 Å². The molecule has 2 aliphatic rings. The van der Waals surface area contributed by atoms with E-state index in [9.17, 15) is 9.59 Å². The predicted octanol–water partition coefficient (Wildman–Crippen LogP) is 2.54. The minimum absolute atomic E-state index is 0.0492. The average molecular weight is 341 g/mol. The Balaban J connectivity index is 1.46. The standard InChI is InChI=1S/C19H23N3O3/c1-14-17-5-3-7-20(17)9-10-22(14)19(24)15-4-2-8-21(12-15)18(23)16-6-11-25-13-16/h3,5-7,11,13-15H,2,4,8-10,12H2,1H3. The van der Waals surface area contributed by atoms with Crippen molar-refractivity contribution in [3.05, 3.63) is 48.2 Å². The lowest BCUT2D eigenvalue weighted by Crippen LogP contribution is -2.49. The van der Waals surface area contributed by atoms with Crippen molar-refractivity contribution in [2.24, 2.45) is 5.92 Å². The van der Waals surface area contributed by atoms with Crippen LogP contribution in [0.1, 0.15) is 41.9 Å². The number of likely N-dealkylation sites (tertiary alicyclic amines) is 1. The molecule has 0 aromatic carbocycles. The van der Waals surface area contributed by atoms with Crippen LogP contribution in [-0.2, 0) is 11.3 Å². The van der Waals surface area contributed by atoms with Gasteiger partial charge >= 0.3 is 0 Å². The number of nitrogens with zero attached hydrogens (tertiary/aromatic N) is 3. The van der Waals surface area contributed by atoms with Gasteiger partial charge in [-0.2, -0.15) is 0 Å². The summed E-state index contributed by atoms with van der Waals surface area (Å²) in [6, 6.07) is 5.87. The molecule has 0 bridgehead atoms. The molecular weight excluding hydrogens is 318 g/mol. The largest absolute Gasteiger partial charge is 0.472 e.